The van der Waals surface area contributed by atoms with E-state index in [1.807, 2.05) is 24.3 Å². The van der Waals surface area contributed by atoms with Gasteiger partial charge in [0.05, 0.1) is 17.6 Å². The van der Waals surface area contributed by atoms with Crippen molar-refractivity contribution >= 4 is 28.9 Å². The normalized spacial score (nSPS) is 10.5. The van der Waals surface area contributed by atoms with E-state index in [1.54, 1.807) is 35.9 Å². The second kappa shape index (κ2) is 8.76. The van der Waals surface area contributed by atoms with Crippen LogP contribution in [0, 0.1) is 0 Å². The molecular formula is C19H19N5O4. The zero-order valence-corrected chi connectivity index (χ0v) is 15.2. The van der Waals surface area contributed by atoms with Crippen LogP contribution in [0.25, 0.3) is 11.0 Å². The number of benzene rings is 2. The number of ether oxygens (including phenoxy) is 1. The Morgan fingerprint density at radius 2 is 1.82 bits per heavy atom. The van der Waals surface area contributed by atoms with Crippen molar-refractivity contribution in [1.82, 2.24) is 25.6 Å². The molecule has 1 aromatic heterocycles. The Balaban J connectivity index is 1.55. The van der Waals surface area contributed by atoms with Gasteiger partial charge in [0.25, 0.3) is 5.91 Å². The van der Waals surface area contributed by atoms with Gasteiger partial charge in [-0.2, -0.15) is 0 Å². The maximum absolute atomic E-state index is 12.0. The van der Waals surface area contributed by atoms with Crippen LogP contribution in [0.4, 0.5) is 4.79 Å². The summed E-state index contributed by atoms with van der Waals surface area (Å²) in [6, 6.07) is 13.8. The molecule has 0 aliphatic carbocycles. The minimum atomic E-state index is -0.700. The minimum Gasteiger partial charge on any atom is -0.452 e. The third-order valence-corrected chi connectivity index (χ3v) is 3.87. The summed E-state index contributed by atoms with van der Waals surface area (Å²) in [5.41, 5.74) is 2.97. The van der Waals surface area contributed by atoms with E-state index in [-0.39, 0.29) is 0 Å². The van der Waals surface area contributed by atoms with Gasteiger partial charge in [0.2, 0.25) is 0 Å². The number of amides is 3. The molecule has 0 saturated heterocycles. The molecule has 3 rings (SSSR count). The van der Waals surface area contributed by atoms with E-state index in [0.29, 0.717) is 18.7 Å². The maximum Gasteiger partial charge on any atom is 0.338 e. The molecule has 1 heterocycles. The second-order valence-corrected chi connectivity index (χ2v) is 5.92. The Hall–Kier alpha value is -3.75. The lowest BCUT2D eigenvalue weighted by atomic mass is 10.1. The quantitative estimate of drug-likeness (QED) is 0.625. The molecule has 0 aliphatic heterocycles. The van der Waals surface area contributed by atoms with E-state index in [1.165, 1.54) is 0 Å². The van der Waals surface area contributed by atoms with Crippen molar-refractivity contribution in [3.05, 3.63) is 59.7 Å². The molecule has 0 saturated carbocycles. The van der Waals surface area contributed by atoms with Gasteiger partial charge in [-0.3, -0.25) is 10.1 Å². The lowest BCUT2D eigenvalue weighted by Gasteiger charge is -2.07. The molecule has 9 heteroatoms. The van der Waals surface area contributed by atoms with Crippen molar-refractivity contribution in [3.8, 4) is 0 Å². The summed E-state index contributed by atoms with van der Waals surface area (Å²) in [7, 11) is 0. The molecule has 0 bridgehead atoms. The van der Waals surface area contributed by atoms with Gasteiger partial charge < -0.3 is 10.1 Å². The average Bonchev–Trinajstić information content (AvgIpc) is 3.10. The molecule has 9 nitrogen and oxygen atoms in total. The van der Waals surface area contributed by atoms with Crippen LogP contribution in [0.15, 0.2) is 48.5 Å². The van der Waals surface area contributed by atoms with E-state index in [0.717, 1.165) is 16.6 Å². The fraction of sp³-hybridized carbons (Fsp3) is 0.211. The summed E-state index contributed by atoms with van der Waals surface area (Å²) in [5, 5.41) is 12.7. The number of carbonyl (C=O) groups excluding carboxylic acids is 3. The maximum atomic E-state index is 12.0. The van der Waals surface area contributed by atoms with E-state index in [9.17, 15) is 14.4 Å². The van der Waals surface area contributed by atoms with Gasteiger partial charge in [-0.1, -0.05) is 29.5 Å². The lowest BCUT2D eigenvalue weighted by Crippen LogP contribution is -2.41. The Kier molecular flexibility index (Phi) is 5.95. The van der Waals surface area contributed by atoms with E-state index < -0.39 is 24.5 Å². The van der Waals surface area contributed by atoms with E-state index >= 15 is 0 Å². The third-order valence-electron chi connectivity index (χ3n) is 3.87. The molecule has 0 aliphatic rings. The number of hydrogen-bond acceptors (Lipinski definition) is 6. The van der Waals surface area contributed by atoms with Crippen molar-refractivity contribution in [2.75, 3.05) is 13.2 Å². The zero-order valence-electron chi connectivity index (χ0n) is 15.2. The Bertz CT molecular complexity index is 997. The molecule has 0 atom stereocenters. The van der Waals surface area contributed by atoms with E-state index in [2.05, 4.69) is 20.9 Å². The van der Waals surface area contributed by atoms with Crippen molar-refractivity contribution in [3.63, 3.8) is 0 Å². The monoisotopic (exact) mass is 381 g/mol. The number of para-hydroxylation sites is 1. The fourth-order valence-electron chi connectivity index (χ4n) is 2.54. The molecule has 0 radical (unpaired) electrons. The van der Waals surface area contributed by atoms with Crippen molar-refractivity contribution < 1.29 is 19.1 Å². The molecule has 2 aromatic carbocycles. The molecule has 2 N–H and O–H groups in total. The number of imide groups is 1. The van der Waals surface area contributed by atoms with Gasteiger partial charge in [-0.15, -0.1) is 5.10 Å². The Morgan fingerprint density at radius 3 is 2.57 bits per heavy atom. The van der Waals surface area contributed by atoms with Gasteiger partial charge in [-0.05, 0) is 36.8 Å². The number of carbonyl (C=O) groups is 3. The standard InChI is InChI=1S/C19H19N5O4/c1-2-20-19(27)21-17(25)12-28-18(26)14-9-7-13(8-10-14)11-24-16-6-4-3-5-15(16)22-23-24/h3-10H,2,11-12H2,1H3,(H2,20,21,25,27). The first-order chi connectivity index (χ1) is 13.6. The highest BCUT2D eigenvalue weighted by Gasteiger charge is 2.12. The number of esters is 1. The van der Waals surface area contributed by atoms with Gasteiger partial charge in [0.1, 0.15) is 5.52 Å². The molecule has 3 aromatic rings. The van der Waals surface area contributed by atoms with Crippen LogP contribution in [-0.4, -0.2) is 46.1 Å². The SMILES string of the molecule is CCNC(=O)NC(=O)COC(=O)c1ccc(Cn2nnc3ccccc32)cc1. The Morgan fingerprint density at radius 1 is 1.07 bits per heavy atom. The van der Waals surface area contributed by atoms with Crippen LogP contribution in [0.3, 0.4) is 0 Å². The van der Waals surface area contributed by atoms with Crippen LogP contribution in [0.2, 0.25) is 0 Å². The second-order valence-electron chi connectivity index (χ2n) is 5.92. The highest BCUT2D eigenvalue weighted by Crippen LogP contribution is 2.13. The van der Waals surface area contributed by atoms with Gasteiger partial charge in [0, 0.05) is 6.54 Å². The first-order valence-electron chi connectivity index (χ1n) is 8.69. The summed E-state index contributed by atoms with van der Waals surface area (Å²) >= 11 is 0. The number of aromatic nitrogens is 3. The molecule has 28 heavy (non-hydrogen) atoms. The van der Waals surface area contributed by atoms with E-state index in [4.69, 9.17) is 4.74 Å². The van der Waals surface area contributed by atoms with Crippen LogP contribution in [0.1, 0.15) is 22.8 Å². The van der Waals surface area contributed by atoms with Crippen LogP contribution >= 0.6 is 0 Å². The first kappa shape index (κ1) is 19.0. The van der Waals surface area contributed by atoms with Gasteiger partial charge in [0.15, 0.2) is 6.61 Å². The number of nitrogens with one attached hydrogen (secondary N) is 2. The predicted molar refractivity (Wildman–Crippen MR) is 101 cm³/mol. The zero-order chi connectivity index (χ0) is 19.9. The molecule has 0 fully saturated rings. The molecule has 3 amide bonds. The number of fused-ring (bicyclic) bond motifs is 1. The summed E-state index contributed by atoms with van der Waals surface area (Å²) in [4.78, 5) is 34.8. The first-order valence-corrected chi connectivity index (χ1v) is 8.69. The highest BCUT2D eigenvalue weighted by atomic mass is 16.5. The van der Waals surface area contributed by atoms with Crippen LogP contribution < -0.4 is 10.6 Å². The number of urea groups is 1. The minimum absolute atomic E-state index is 0.304. The number of rotatable bonds is 6. The predicted octanol–water partition coefficient (Wildman–Crippen LogP) is 1.48. The lowest BCUT2D eigenvalue weighted by molar-refractivity contribution is -0.123. The summed E-state index contributed by atoms with van der Waals surface area (Å²) < 4.78 is 6.69. The smallest absolute Gasteiger partial charge is 0.338 e. The molecule has 0 unspecified atom stereocenters. The van der Waals surface area contributed by atoms with Crippen molar-refractivity contribution in [2.24, 2.45) is 0 Å². The summed E-state index contributed by atoms with van der Waals surface area (Å²) in [6.07, 6.45) is 0. The fourth-order valence-corrected chi connectivity index (χ4v) is 2.54. The van der Waals surface area contributed by atoms with Gasteiger partial charge in [-0.25, -0.2) is 14.3 Å². The third kappa shape index (κ3) is 4.70. The summed E-state index contributed by atoms with van der Waals surface area (Å²) in [5.74, 6) is -1.35. The van der Waals surface area contributed by atoms with Crippen LogP contribution in [0.5, 0.6) is 0 Å². The average molecular weight is 381 g/mol. The van der Waals surface area contributed by atoms with Crippen molar-refractivity contribution in [1.29, 1.82) is 0 Å². The molecular weight excluding hydrogens is 362 g/mol. The number of nitrogens with zero attached hydrogens (tertiary/aromatic N) is 3. The van der Waals surface area contributed by atoms with Crippen LogP contribution in [-0.2, 0) is 16.1 Å². The topological polar surface area (TPSA) is 115 Å². The number of hydrogen-bond donors (Lipinski definition) is 2. The molecule has 144 valence electrons. The summed E-state index contributed by atoms with van der Waals surface area (Å²) in [6.45, 7) is 2.07. The highest BCUT2D eigenvalue weighted by molar-refractivity contribution is 5.97. The van der Waals surface area contributed by atoms with Gasteiger partial charge >= 0.3 is 12.0 Å². The Labute approximate surface area is 160 Å². The molecule has 0 spiro atoms. The van der Waals surface area contributed by atoms with Crippen molar-refractivity contribution in [2.45, 2.75) is 13.5 Å². The largest absolute Gasteiger partial charge is 0.452 e.